The highest BCUT2D eigenvalue weighted by molar-refractivity contribution is 7.89. The molecular formula is C12H14ClNO4S. The van der Waals surface area contributed by atoms with E-state index in [1.54, 1.807) is 6.07 Å². The van der Waals surface area contributed by atoms with Gasteiger partial charge >= 0.3 is 5.97 Å². The van der Waals surface area contributed by atoms with Gasteiger partial charge in [-0.1, -0.05) is 17.7 Å². The monoisotopic (exact) mass is 303 g/mol. The van der Waals surface area contributed by atoms with Crippen molar-refractivity contribution in [3.05, 3.63) is 29.3 Å². The Hall–Kier alpha value is -1.11. The highest BCUT2D eigenvalue weighted by atomic mass is 35.5. The summed E-state index contributed by atoms with van der Waals surface area (Å²) in [5.74, 6) is -1.13. The highest BCUT2D eigenvalue weighted by Gasteiger charge is 2.49. The molecule has 0 aromatic heterocycles. The summed E-state index contributed by atoms with van der Waals surface area (Å²) in [4.78, 5) is 11.4. The van der Waals surface area contributed by atoms with Gasteiger partial charge in [0.05, 0.1) is 4.90 Å². The number of carboxylic acids is 1. The van der Waals surface area contributed by atoms with Gasteiger partial charge < -0.3 is 5.11 Å². The Kier molecular flexibility index (Phi) is 3.59. The number of benzene rings is 1. The zero-order chi connectivity index (χ0) is 14.3. The number of sulfonamides is 1. The zero-order valence-corrected chi connectivity index (χ0v) is 11.9. The molecule has 0 bridgehead atoms. The van der Waals surface area contributed by atoms with Crippen LogP contribution in [0.4, 0.5) is 0 Å². The van der Waals surface area contributed by atoms with Crippen molar-refractivity contribution in [2.75, 3.05) is 6.54 Å². The van der Waals surface area contributed by atoms with Crippen LogP contribution in [0.2, 0.25) is 5.02 Å². The van der Waals surface area contributed by atoms with E-state index < -0.39 is 21.5 Å². The topological polar surface area (TPSA) is 74.7 Å². The third-order valence-corrected chi connectivity index (χ3v) is 5.67. The minimum atomic E-state index is -3.85. The molecule has 7 heteroatoms. The summed E-state index contributed by atoms with van der Waals surface area (Å²) in [7, 11) is -3.85. The van der Waals surface area contributed by atoms with Gasteiger partial charge in [-0.25, -0.2) is 8.42 Å². The summed E-state index contributed by atoms with van der Waals surface area (Å²) >= 11 is 5.79. The van der Waals surface area contributed by atoms with E-state index in [4.69, 9.17) is 11.6 Å². The smallest absolute Gasteiger partial charge is 0.324 e. The highest BCUT2D eigenvalue weighted by Crippen LogP contribution is 2.35. The van der Waals surface area contributed by atoms with Crippen molar-refractivity contribution in [2.45, 2.75) is 30.2 Å². The molecule has 19 heavy (non-hydrogen) atoms. The Bertz CT molecular complexity index is 616. The first-order valence-corrected chi connectivity index (χ1v) is 7.62. The number of carbonyl (C=O) groups is 1. The predicted molar refractivity (Wildman–Crippen MR) is 70.6 cm³/mol. The molecule has 0 amide bonds. The van der Waals surface area contributed by atoms with Crippen LogP contribution in [0.1, 0.15) is 19.8 Å². The summed E-state index contributed by atoms with van der Waals surface area (Å²) in [5.41, 5.74) is -1.39. The largest absolute Gasteiger partial charge is 0.480 e. The van der Waals surface area contributed by atoms with Crippen molar-refractivity contribution in [1.29, 1.82) is 0 Å². The van der Waals surface area contributed by atoms with Gasteiger partial charge in [0.25, 0.3) is 0 Å². The molecular weight excluding hydrogens is 290 g/mol. The zero-order valence-electron chi connectivity index (χ0n) is 10.3. The van der Waals surface area contributed by atoms with Crippen LogP contribution < -0.4 is 0 Å². The van der Waals surface area contributed by atoms with Gasteiger partial charge in [0.2, 0.25) is 10.0 Å². The second kappa shape index (κ2) is 4.77. The molecule has 0 spiro atoms. The van der Waals surface area contributed by atoms with Crippen LogP contribution in [0.25, 0.3) is 0 Å². The van der Waals surface area contributed by atoms with Gasteiger partial charge in [-0.15, -0.1) is 0 Å². The molecule has 1 heterocycles. The molecule has 2 rings (SSSR count). The van der Waals surface area contributed by atoms with E-state index >= 15 is 0 Å². The Morgan fingerprint density at radius 2 is 2.16 bits per heavy atom. The third kappa shape index (κ3) is 2.35. The Morgan fingerprint density at radius 3 is 2.74 bits per heavy atom. The number of hydrogen-bond donors (Lipinski definition) is 1. The van der Waals surface area contributed by atoms with Crippen LogP contribution in [-0.4, -0.2) is 35.9 Å². The van der Waals surface area contributed by atoms with E-state index in [0.29, 0.717) is 17.9 Å². The number of aliphatic carboxylic acids is 1. The SMILES string of the molecule is CC1(C(=O)O)CCCN1S(=O)(=O)c1cccc(Cl)c1. The van der Waals surface area contributed by atoms with E-state index in [9.17, 15) is 18.3 Å². The van der Waals surface area contributed by atoms with Crippen LogP contribution >= 0.6 is 11.6 Å². The lowest BCUT2D eigenvalue weighted by atomic mass is 10.0. The van der Waals surface area contributed by atoms with Crippen LogP contribution in [0, 0.1) is 0 Å². The second-order valence-corrected chi connectivity index (χ2v) is 7.02. The van der Waals surface area contributed by atoms with Crippen molar-refractivity contribution in [2.24, 2.45) is 0 Å². The summed E-state index contributed by atoms with van der Waals surface area (Å²) in [5, 5.41) is 9.58. The molecule has 1 aromatic rings. The lowest BCUT2D eigenvalue weighted by molar-refractivity contribution is -0.146. The van der Waals surface area contributed by atoms with Crippen LogP contribution in [0.15, 0.2) is 29.2 Å². The summed E-state index contributed by atoms with van der Waals surface area (Å²) < 4.78 is 26.1. The summed E-state index contributed by atoms with van der Waals surface area (Å²) in [6.45, 7) is 1.64. The maximum Gasteiger partial charge on any atom is 0.324 e. The molecule has 0 radical (unpaired) electrons. The predicted octanol–water partition coefficient (Wildman–Crippen LogP) is 1.97. The van der Waals surface area contributed by atoms with Crippen LogP contribution in [-0.2, 0) is 14.8 Å². The lowest BCUT2D eigenvalue weighted by Crippen LogP contribution is -2.50. The number of rotatable bonds is 3. The number of hydrogen-bond acceptors (Lipinski definition) is 3. The van der Waals surface area contributed by atoms with E-state index in [1.807, 2.05) is 0 Å². The van der Waals surface area contributed by atoms with Crippen molar-refractivity contribution in [3.8, 4) is 0 Å². The van der Waals surface area contributed by atoms with Gasteiger partial charge in [-0.2, -0.15) is 4.31 Å². The molecule has 1 aliphatic rings. The normalized spacial score (nSPS) is 24.5. The van der Waals surface area contributed by atoms with Crippen molar-refractivity contribution in [3.63, 3.8) is 0 Å². The molecule has 1 fully saturated rings. The first kappa shape index (κ1) is 14.3. The Balaban J connectivity index is 2.48. The third-order valence-electron chi connectivity index (χ3n) is 3.42. The van der Waals surface area contributed by atoms with Gasteiger partial charge in [0.1, 0.15) is 5.54 Å². The molecule has 1 N–H and O–H groups in total. The maximum absolute atomic E-state index is 12.5. The van der Waals surface area contributed by atoms with Gasteiger partial charge in [0.15, 0.2) is 0 Å². The van der Waals surface area contributed by atoms with Crippen molar-refractivity contribution in [1.82, 2.24) is 4.31 Å². The number of halogens is 1. The Labute approximate surface area is 116 Å². The van der Waals surface area contributed by atoms with Crippen molar-refractivity contribution >= 4 is 27.6 Å². The maximum atomic E-state index is 12.5. The molecule has 0 aliphatic carbocycles. The minimum Gasteiger partial charge on any atom is -0.480 e. The first-order valence-electron chi connectivity index (χ1n) is 5.80. The van der Waals surface area contributed by atoms with E-state index in [2.05, 4.69) is 0 Å². The first-order chi connectivity index (χ1) is 8.78. The van der Waals surface area contributed by atoms with Crippen molar-refractivity contribution < 1.29 is 18.3 Å². The molecule has 1 aliphatic heterocycles. The molecule has 1 saturated heterocycles. The Morgan fingerprint density at radius 1 is 1.47 bits per heavy atom. The van der Waals surface area contributed by atoms with E-state index in [0.717, 1.165) is 4.31 Å². The van der Waals surface area contributed by atoms with Gasteiger partial charge in [-0.3, -0.25) is 4.79 Å². The molecule has 1 unspecified atom stereocenters. The standard InChI is InChI=1S/C12H14ClNO4S/c1-12(11(15)16)6-3-7-14(12)19(17,18)10-5-2-4-9(13)8-10/h2,4-5,8H,3,6-7H2,1H3,(H,15,16). The fourth-order valence-corrected chi connectivity index (χ4v) is 4.40. The lowest BCUT2D eigenvalue weighted by Gasteiger charge is -2.30. The van der Waals surface area contributed by atoms with Gasteiger partial charge in [-0.05, 0) is 38.0 Å². The molecule has 1 atom stereocenters. The molecule has 104 valence electrons. The molecule has 5 nitrogen and oxygen atoms in total. The quantitative estimate of drug-likeness (QED) is 0.926. The molecule has 0 saturated carbocycles. The van der Waals surface area contributed by atoms with E-state index in [-0.39, 0.29) is 11.4 Å². The fraction of sp³-hybridized carbons (Fsp3) is 0.417. The summed E-state index contributed by atoms with van der Waals surface area (Å²) in [6, 6.07) is 5.85. The average molecular weight is 304 g/mol. The second-order valence-electron chi connectivity index (χ2n) is 4.72. The van der Waals surface area contributed by atoms with Gasteiger partial charge in [0, 0.05) is 11.6 Å². The number of nitrogens with zero attached hydrogens (tertiary/aromatic N) is 1. The number of carboxylic acid groups (broad SMARTS) is 1. The van der Waals surface area contributed by atoms with E-state index in [1.165, 1.54) is 25.1 Å². The average Bonchev–Trinajstić information content (AvgIpc) is 2.73. The fourth-order valence-electron chi connectivity index (χ4n) is 2.29. The molecule has 1 aromatic carbocycles. The van der Waals surface area contributed by atoms with Crippen LogP contribution in [0.3, 0.4) is 0 Å². The summed E-state index contributed by atoms with van der Waals surface area (Å²) in [6.07, 6.45) is 0.838. The minimum absolute atomic E-state index is 0.0226. The van der Waals surface area contributed by atoms with Crippen LogP contribution in [0.5, 0.6) is 0 Å².